The molecule has 0 spiro atoms. The van der Waals surface area contributed by atoms with Crippen LogP contribution in [0.25, 0.3) is 0 Å². The van der Waals surface area contributed by atoms with Gasteiger partial charge in [-0.2, -0.15) is 0 Å². The van der Waals surface area contributed by atoms with E-state index in [2.05, 4.69) is 21.2 Å². The SMILES string of the molecule is CCOc1ccc(N(CC(=O)N(Cc2ccc(Br)cc2)[C@@H](C)C(=O)NCC(C)C)S(=O)(=O)c2ccc(OC)c(OC)c2)cc1. The number of hydrogen-bond donors (Lipinski definition) is 1. The molecule has 0 saturated heterocycles. The number of rotatable bonds is 15. The molecular formula is C32H40BrN3O7S. The van der Waals surface area contributed by atoms with Crippen molar-refractivity contribution < 1.29 is 32.2 Å². The summed E-state index contributed by atoms with van der Waals surface area (Å²) in [5.41, 5.74) is 1.03. The minimum Gasteiger partial charge on any atom is -0.494 e. The van der Waals surface area contributed by atoms with Crippen LogP contribution >= 0.6 is 15.9 Å². The molecule has 238 valence electrons. The third-order valence-electron chi connectivity index (χ3n) is 6.78. The van der Waals surface area contributed by atoms with Crippen molar-refractivity contribution in [2.75, 3.05) is 38.2 Å². The largest absolute Gasteiger partial charge is 0.494 e. The first-order chi connectivity index (χ1) is 20.9. The highest BCUT2D eigenvalue weighted by atomic mass is 79.9. The highest BCUT2D eigenvalue weighted by molar-refractivity contribution is 9.10. The van der Waals surface area contributed by atoms with Crippen LogP contribution < -0.4 is 23.8 Å². The van der Waals surface area contributed by atoms with Crippen molar-refractivity contribution in [2.45, 2.75) is 45.2 Å². The zero-order chi connectivity index (χ0) is 32.4. The lowest BCUT2D eigenvalue weighted by atomic mass is 10.1. The predicted molar refractivity (Wildman–Crippen MR) is 174 cm³/mol. The van der Waals surface area contributed by atoms with Crippen LogP contribution in [0.3, 0.4) is 0 Å². The third-order valence-corrected chi connectivity index (χ3v) is 9.07. The van der Waals surface area contributed by atoms with Crippen LogP contribution in [0.5, 0.6) is 17.2 Å². The number of sulfonamides is 1. The molecular weight excluding hydrogens is 650 g/mol. The highest BCUT2D eigenvalue weighted by Crippen LogP contribution is 2.33. The number of methoxy groups -OCH3 is 2. The van der Waals surface area contributed by atoms with Crippen LogP contribution in [0, 0.1) is 5.92 Å². The summed E-state index contributed by atoms with van der Waals surface area (Å²) >= 11 is 3.42. The van der Waals surface area contributed by atoms with Gasteiger partial charge in [-0.15, -0.1) is 0 Å². The van der Waals surface area contributed by atoms with Crippen LogP contribution in [0.15, 0.2) is 76.1 Å². The summed E-state index contributed by atoms with van der Waals surface area (Å²) in [6.45, 7) is 7.84. The van der Waals surface area contributed by atoms with Gasteiger partial charge in [0.05, 0.1) is 31.4 Å². The number of carbonyl (C=O) groups excluding carboxylic acids is 2. The summed E-state index contributed by atoms with van der Waals surface area (Å²) in [5.74, 6) is 0.454. The molecule has 0 unspecified atom stereocenters. The average Bonchev–Trinajstić information content (AvgIpc) is 3.01. The van der Waals surface area contributed by atoms with Crippen LogP contribution in [-0.4, -0.2) is 65.1 Å². The summed E-state index contributed by atoms with van der Waals surface area (Å²) in [7, 11) is -1.44. The van der Waals surface area contributed by atoms with E-state index in [1.807, 2.05) is 45.0 Å². The van der Waals surface area contributed by atoms with Crippen molar-refractivity contribution in [3.63, 3.8) is 0 Å². The van der Waals surface area contributed by atoms with E-state index in [0.29, 0.717) is 24.7 Å². The molecule has 44 heavy (non-hydrogen) atoms. The number of benzene rings is 3. The summed E-state index contributed by atoms with van der Waals surface area (Å²) in [6.07, 6.45) is 0. The van der Waals surface area contributed by atoms with Crippen LogP contribution in [-0.2, 0) is 26.2 Å². The number of nitrogens with one attached hydrogen (secondary N) is 1. The van der Waals surface area contributed by atoms with Gasteiger partial charge in [-0.3, -0.25) is 13.9 Å². The molecule has 12 heteroatoms. The zero-order valence-corrected chi connectivity index (χ0v) is 28.3. The highest BCUT2D eigenvalue weighted by Gasteiger charge is 2.33. The molecule has 0 saturated carbocycles. The van der Waals surface area contributed by atoms with Gasteiger partial charge in [0, 0.05) is 23.6 Å². The second-order valence-corrected chi connectivity index (χ2v) is 13.2. The number of nitrogens with zero attached hydrogens (tertiary/aromatic N) is 2. The van der Waals surface area contributed by atoms with Crippen molar-refractivity contribution in [3.05, 3.63) is 76.8 Å². The Balaban J connectivity index is 2.06. The summed E-state index contributed by atoms with van der Waals surface area (Å²) in [5, 5.41) is 2.88. The van der Waals surface area contributed by atoms with Gasteiger partial charge in [-0.1, -0.05) is 41.9 Å². The van der Waals surface area contributed by atoms with Gasteiger partial charge in [-0.25, -0.2) is 8.42 Å². The van der Waals surface area contributed by atoms with Crippen molar-refractivity contribution >= 4 is 43.5 Å². The Bertz CT molecular complexity index is 1510. The summed E-state index contributed by atoms with van der Waals surface area (Å²) in [6, 6.07) is 17.2. The standard InChI is InChI=1S/C32H40BrN3O7S/c1-7-43-27-14-12-26(13-15-27)36(44(39,40)28-16-17-29(41-5)30(18-28)42-6)21-31(37)35(20-24-8-10-25(33)11-9-24)23(4)32(38)34-19-22(2)3/h8-18,22-23H,7,19-21H2,1-6H3,(H,34,38)/t23-/m0/s1. The number of amides is 2. The molecule has 0 bridgehead atoms. The number of halogens is 1. The fourth-order valence-electron chi connectivity index (χ4n) is 4.33. The Labute approximate surface area is 268 Å². The molecule has 3 rings (SSSR count). The quantitative estimate of drug-likeness (QED) is 0.232. The Morgan fingerprint density at radius 1 is 0.909 bits per heavy atom. The fourth-order valence-corrected chi connectivity index (χ4v) is 6.02. The van der Waals surface area contributed by atoms with E-state index in [0.717, 1.165) is 14.3 Å². The lowest BCUT2D eigenvalue weighted by Gasteiger charge is -2.32. The first-order valence-electron chi connectivity index (χ1n) is 14.2. The first-order valence-corrected chi connectivity index (χ1v) is 16.4. The number of hydrogen-bond acceptors (Lipinski definition) is 7. The molecule has 0 aliphatic carbocycles. The van der Waals surface area contributed by atoms with Gasteiger partial charge in [0.25, 0.3) is 10.0 Å². The Hall–Kier alpha value is -3.77. The lowest BCUT2D eigenvalue weighted by molar-refractivity contribution is -0.139. The fraction of sp³-hybridized carbons (Fsp3) is 0.375. The second-order valence-electron chi connectivity index (χ2n) is 10.4. The van der Waals surface area contributed by atoms with Gasteiger partial charge < -0.3 is 24.4 Å². The van der Waals surface area contributed by atoms with Crippen LogP contribution in [0.2, 0.25) is 0 Å². The smallest absolute Gasteiger partial charge is 0.264 e. The van der Waals surface area contributed by atoms with E-state index in [9.17, 15) is 18.0 Å². The van der Waals surface area contributed by atoms with E-state index in [-0.39, 0.29) is 34.7 Å². The molecule has 3 aromatic carbocycles. The summed E-state index contributed by atoms with van der Waals surface area (Å²) in [4.78, 5) is 28.6. The maximum Gasteiger partial charge on any atom is 0.264 e. The van der Waals surface area contributed by atoms with Crippen molar-refractivity contribution in [2.24, 2.45) is 5.92 Å². The molecule has 0 aliphatic rings. The van der Waals surface area contributed by atoms with E-state index >= 15 is 0 Å². The van der Waals surface area contributed by atoms with E-state index in [1.54, 1.807) is 31.2 Å². The lowest BCUT2D eigenvalue weighted by Crippen LogP contribution is -2.51. The molecule has 10 nitrogen and oxygen atoms in total. The van der Waals surface area contributed by atoms with Gasteiger partial charge in [0.2, 0.25) is 11.8 Å². The Morgan fingerprint density at radius 3 is 2.11 bits per heavy atom. The maximum atomic E-state index is 14.2. The van der Waals surface area contributed by atoms with Crippen LogP contribution in [0.4, 0.5) is 5.69 Å². The van der Waals surface area contributed by atoms with Gasteiger partial charge in [0.15, 0.2) is 11.5 Å². The molecule has 1 atom stereocenters. The van der Waals surface area contributed by atoms with Gasteiger partial charge >= 0.3 is 0 Å². The maximum absolute atomic E-state index is 14.2. The predicted octanol–water partition coefficient (Wildman–Crippen LogP) is 5.25. The summed E-state index contributed by atoms with van der Waals surface area (Å²) < 4.78 is 46.4. The molecule has 0 fully saturated rings. The molecule has 1 N–H and O–H groups in total. The van der Waals surface area contributed by atoms with E-state index in [4.69, 9.17) is 14.2 Å². The normalized spacial score (nSPS) is 11.9. The molecule has 0 heterocycles. The van der Waals surface area contributed by atoms with E-state index in [1.165, 1.54) is 37.3 Å². The second kappa shape index (κ2) is 15.8. The first kappa shape index (κ1) is 34.7. The molecule has 2 amide bonds. The Morgan fingerprint density at radius 2 is 1.55 bits per heavy atom. The third kappa shape index (κ3) is 8.88. The van der Waals surface area contributed by atoms with Crippen LogP contribution in [0.1, 0.15) is 33.3 Å². The number of ether oxygens (including phenoxy) is 3. The minimum atomic E-state index is -4.31. The molecule has 0 radical (unpaired) electrons. The topological polar surface area (TPSA) is 114 Å². The minimum absolute atomic E-state index is 0.0932. The average molecular weight is 691 g/mol. The monoisotopic (exact) mass is 689 g/mol. The molecule has 0 aliphatic heterocycles. The number of carbonyl (C=O) groups is 2. The van der Waals surface area contributed by atoms with Gasteiger partial charge in [0.1, 0.15) is 18.3 Å². The molecule has 3 aromatic rings. The van der Waals surface area contributed by atoms with Crippen molar-refractivity contribution in [3.8, 4) is 17.2 Å². The molecule has 0 aromatic heterocycles. The van der Waals surface area contributed by atoms with Crippen molar-refractivity contribution in [1.82, 2.24) is 10.2 Å². The van der Waals surface area contributed by atoms with Crippen molar-refractivity contribution in [1.29, 1.82) is 0 Å². The Kier molecular flexibility index (Phi) is 12.5. The zero-order valence-electron chi connectivity index (χ0n) is 25.9. The van der Waals surface area contributed by atoms with E-state index < -0.39 is 28.5 Å². The van der Waals surface area contributed by atoms with Gasteiger partial charge in [-0.05, 0) is 73.9 Å². The number of anilines is 1.